The number of benzene rings is 3. The lowest BCUT2D eigenvalue weighted by Gasteiger charge is -2.12. The molecule has 5 nitrogen and oxygen atoms in total. The molecule has 0 spiro atoms. The SMILES string of the molecule is CCCOc1ccc(CNC(=O)c2cccc(OCc3ccccc3)c2)cc1OC. The Balaban J connectivity index is 1.58. The maximum Gasteiger partial charge on any atom is 0.251 e. The molecule has 0 heterocycles. The summed E-state index contributed by atoms with van der Waals surface area (Å²) in [7, 11) is 1.61. The van der Waals surface area contributed by atoms with E-state index in [1.165, 1.54) is 0 Å². The van der Waals surface area contributed by atoms with Crippen molar-refractivity contribution < 1.29 is 19.0 Å². The summed E-state index contributed by atoms with van der Waals surface area (Å²) in [6.45, 7) is 3.53. The van der Waals surface area contributed by atoms with Crippen molar-refractivity contribution in [2.75, 3.05) is 13.7 Å². The van der Waals surface area contributed by atoms with E-state index in [-0.39, 0.29) is 5.91 Å². The molecule has 0 aliphatic carbocycles. The summed E-state index contributed by atoms with van der Waals surface area (Å²) in [6.07, 6.45) is 0.926. The number of methoxy groups -OCH3 is 1. The van der Waals surface area contributed by atoms with Crippen molar-refractivity contribution in [1.82, 2.24) is 5.32 Å². The molecule has 156 valence electrons. The van der Waals surface area contributed by atoms with Crippen LogP contribution in [0.2, 0.25) is 0 Å². The monoisotopic (exact) mass is 405 g/mol. The van der Waals surface area contributed by atoms with Crippen LogP contribution in [0, 0.1) is 0 Å². The Bertz CT molecular complexity index is 956. The molecule has 0 bridgehead atoms. The topological polar surface area (TPSA) is 56.8 Å². The number of carbonyl (C=O) groups is 1. The third-order valence-electron chi connectivity index (χ3n) is 4.49. The predicted molar refractivity (Wildman–Crippen MR) is 117 cm³/mol. The Labute approximate surface area is 177 Å². The van der Waals surface area contributed by atoms with Gasteiger partial charge >= 0.3 is 0 Å². The van der Waals surface area contributed by atoms with Gasteiger partial charge in [0.2, 0.25) is 0 Å². The van der Waals surface area contributed by atoms with E-state index in [9.17, 15) is 4.79 Å². The number of hydrogen-bond acceptors (Lipinski definition) is 4. The minimum atomic E-state index is -0.162. The van der Waals surface area contributed by atoms with E-state index in [1.54, 1.807) is 19.2 Å². The standard InChI is InChI=1S/C25H27NO4/c1-3-14-29-23-13-12-20(15-24(23)28-2)17-26-25(27)21-10-7-11-22(16-21)30-18-19-8-5-4-6-9-19/h4-13,15-16H,3,14,17-18H2,1-2H3,(H,26,27). The van der Waals surface area contributed by atoms with Crippen LogP contribution in [0.25, 0.3) is 0 Å². The summed E-state index contributed by atoms with van der Waals surface area (Å²) in [6, 6.07) is 22.8. The van der Waals surface area contributed by atoms with Crippen LogP contribution in [0.1, 0.15) is 34.8 Å². The van der Waals surface area contributed by atoms with Gasteiger partial charge < -0.3 is 19.5 Å². The molecular weight excluding hydrogens is 378 g/mol. The molecule has 30 heavy (non-hydrogen) atoms. The Kier molecular flexibility index (Phi) is 7.72. The molecule has 0 unspecified atom stereocenters. The first-order valence-corrected chi connectivity index (χ1v) is 10.0. The lowest BCUT2D eigenvalue weighted by Crippen LogP contribution is -2.22. The molecular formula is C25H27NO4. The van der Waals surface area contributed by atoms with Crippen molar-refractivity contribution in [1.29, 1.82) is 0 Å². The van der Waals surface area contributed by atoms with Crippen LogP contribution in [0.5, 0.6) is 17.2 Å². The van der Waals surface area contributed by atoms with Crippen molar-refractivity contribution in [3.63, 3.8) is 0 Å². The zero-order chi connectivity index (χ0) is 21.2. The van der Waals surface area contributed by atoms with Crippen LogP contribution in [-0.2, 0) is 13.2 Å². The van der Waals surface area contributed by atoms with Crippen molar-refractivity contribution in [3.8, 4) is 17.2 Å². The summed E-state index contributed by atoms with van der Waals surface area (Å²) in [5.41, 5.74) is 2.56. The van der Waals surface area contributed by atoms with E-state index in [4.69, 9.17) is 14.2 Å². The zero-order valence-corrected chi connectivity index (χ0v) is 17.4. The van der Waals surface area contributed by atoms with E-state index in [0.29, 0.717) is 42.6 Å². The third kappa shape index (κ3) is 6.01. The Morgan fingerprint density at radius 1 is 0.867 bits per heavy atom. The minimum absolute atomic E-state index is 0.162. The second kappa shape index (κ2) is 10.9. The van der Waals surface area contributed by atoms with Crippen LogP contribution < -0.4 is 19.5 Å². The van der Waals surface area contributed by atoms with Gasteiger partial charge in [0.1, 0.15) is 12.4 Å². The van der Waals surface area contributed by atoms with Crippen molar-refractivity contribution in [2.45, 2.75) is 26.5 Å². The molecule has 3 aromatic carbocycles. The van der Waals surface area contributed by atoms with Gasteiger partial charge in [-0.1, -0.05) is 49.4 Å². The second-order valence-electron chi connectivity index (χ2n) is 6.82. The van der Waals surface area contributed by atoms with Crippen LogP contribution in [0.15, 0.2) is 72.8 Å². The number of hydrogen-bond donors (Lipinski definition) is 1. The predicted octanol–water partition coefficient (Wildman–Crippen LogP) is 4.99. The molecule has 0 radical (unpaired) electrons. The first-order valence-electron chi connectivity index (χ1n) is 10.0. The lowest BCUT2D eigenvalue weighted by molar-refractivity contribution is 0.0950. The Morgan fingerprint density at radius 3 is 2.47 bits per heavy atom. The van der Waals surface area contributed by atoms with E-state index in [2.05, 4.69) is 12.2 Å². The molecule has 0 atom stereocenters. The van der Waals surface area contributed by atoms with E-state index in [1.807, 2.05) is 60.7 Å². The van der Waals surface area contributed by atoms with Crippen molar-refractivity contribution in [3.05, 3.63) is 89.5 Å². The Morgan fingerprint density at radius 2 is 1.70 bits per heavy atom. The van der Waals surface area contributed by atoms with Gasteiger partial charge in [0, 0.05) is 12.1 Å². The number of amides is 1. The largest absolute Gasteiger partial charge is 0.493 e. The van der Waals surface area contributed by atoms with Crippen molar-refractivity contribution in [2.24, 2.45) is 0 Å². The summed E-state index contributed by atoms with van der Waals surface area (Å²) in [5.74, 6) is 1.86. The first-order chi connectivity index (χ1) is 14.7. The van der Waals surface area contributed by atoms with Crippen LogP contribution in [-0.4, -0.2) is 19.6 Å². The number of nitrogens with one attached hydrogen (secondary N) is 1. The quantitative estimate of drug-likeness (QED) is 0.516. The highest BCUT2D eigenvalue weighted by Crippen LogP contribution is 2.28. The summed E-state index contributed by atoms with van der Waals surface area (Å²) < 4.78 is 16.9. The van der Waals surface area contributed by atoms with Gasteiger partial charge in [-0.2, -0.15) is 0 Å². The van der Waals surface area contributed by atoms with Gasteiger partial charge in [0.15, 0.2) is 11.5 Å². The molecule has 5 heteroatoms. The molecule has 0 aliphatic heterocycles. The number of carbonyl (C=O) groups excluding carboxylic acids is 1. The number of ether oxygens (including phenoxy) is 3. The van der Waals surface area contributed by atoms with Gasteiger partial charge in [-0.25, -0.2) is 0 Å². The summed E-state index contributed by atoms with van der Waals surface area (Å²) in [4.78, 5) is 12.6. The van der Waals surface area contributed by atoms with Gasteiger partial charge in [0.25, 0.3) is 5.91 Å². The van der Waals surface area contributed by atoms with Gasteiger partial charge in [-0.05, 0) is 47.9 Å². The van der Waals surface area contributed by atoms with Gasteiger partial charge in [-0.3, -0.25) is 4.79 Å². The highest BCUT2D eigenvalue weighted by Gasteiger charge is 2.09. The summed E-state index contributed by atoms with van der Waals surface area (Å²) >= 11 is 0. The lowest BCUT2D eigenvalue weighted by atomic mass is 10.1. The van der Waals surface area contributed by atoms with E-state index in [0.717, 1.165) is 17.5 Å². The fourth-order valence-electron chi connectivity index (χ4n) is 2.91. The van der Waals surface area contributed by atoms with Crippen LogP contribution in [0.3, 0.4) is 0 Å². The molecule has 3 aromatic rings. The highest BCUT2D eigenvalue weighted by atomic mass is 16.5. The average Bonchev–Trinajstić information content (AvgIpc) is 2.81. The number of rotatable bonds is 10. The average molecular weight is 405 g/mol. The zero-order valence-electron chi connectivity index (χ0n) is 17.4. The molecule has 1 amide bonds. The molecule has 0 saturated heterocycles. The van der Waals surface area contributed by atoms with Crippen molar-refractivity contribution >= 4 is 5.91 Å². The Hall–Kier alpha value is -3.47. The minimum Gasteiger partial charge on any atom is -0.493 e. The van der Waals surface area contributed by atoms with E-state index >= 15 is 0 Å². The smallest absolute Gasteiger partial charge is 0.251 e. The van der Waals surface area contributed by atoms with Crippen LogP contribution >= 0.6 is 0 Å². The van der Waals surface area contributed by atoms with E-state index < -0.39 is 0 Å². The first kappa shape index (κ1) is 21.2. The van der Waals surface area contributed by atoms with Gasteiger partial charge in [-0.15, -0.1) is 0 Å². The maximum atomic E-state index is 12.6. The van der Waals surface area contributed by atoms with Gasteiger partial charge in [0.05, 0.1) is 13.7 Å². The summed E-state index contributed by atoms with van der Waals surface area (Å²) in [5, 5.41) is 2.94. The molecule has 0 aliphatic rings. The molecule has 0 aromatic heterocycles. The third-order valence-corrected chi connectivity index (χ3v) is 4.49. The van der Waals surface area contributed by atoms with Crippen LogP contribution in [0.4, 0.5) is 0 Å². The molecule has 0 saturated carbocycles. The normalized spacial score (nSPS) is 10.3. The molecule has 1 N–H and O–H groups in total. The second-order valence-corrected chi connectivity index (χ2v) is 6.82. The fourth-order valence-corrected chi connectivity index (χ4v) is 2.91. The fraction of sp³-hybridized carbons (Fsp3) is 0.240. The maximum absolute atomic E-state index is 12.6. The highest BCUT2D eigenvalue weighted by molar-refractivity contribution is 5.94. The molecule has 3 rings (SSSR count). The molecule has 0 fully saturated rings.